The molecule has 0 radical (unpaired) electrons. The van der Waals surface area contributed by atoms with Crippen LogP contribution >= 0.6 is 0 Å². The van der Waals surface area contributed by atoms with Crippen molar-refractivity contribution in [3.8, 4) is 0 Å². The van der Waals surface area contributed by atoms with Crippen molar-refractivity contribution in [2.24, 2.45) is 5.73 Å². The quantitative estimate of drug-likeness (QED) is 0.597. The standard InChI is InChI=1S/C12H12N2O4/c1-18-12(17)8-2-4-9(5-3-8)14-11(16)7-6-10(13)15/h2-7H,1H3,(H2,13,15)(H,14,16)/b7-6+. The highest BCUT2D eigenvalue weighted by Crippen LogP contribution is 2.10. The number of nitrogens with one attached hydrogen (secondary N) is 1. The molecule has 0 bridgehead atoms. The van der Waals surface area contributed by atoms with Crippen LogP contribution in [0.4, 0.5) is 5.69 Å². The molecule has 1 aromatic carbocycles. The smallest absolute Gasteiger partial charge is 0.337 e. The van der Waals surface area contributed by atoms with Gasteiger partial charge in [-0.25, -0.2) is 4.79 Å². The van der Waals surface area contributed by atoms with Gasteiger partial charge in [-0.15, -0.1) is 0 Å². The molecule has 0 spiro atoms. The molecule has 0 aliphatic rings. The fraction of sp³-hybridized carbons (Fsp3) is 0.0833. The molecule has 6 nitrogen and oxygen atoms in total. The third-order valence-corrected chi connectivity index (χ3v) is 1.97. The fourth-order valence-corrected chi connectivity index (χ4v) is 1.15. The zero-order valence-corrected chi connectivity index (χ0v) is 9.67. The van der Waals surface area contributed by atoms with E-state index >= 15 is 0 Å². The monoisotopic (exact) mass is 248 g/mol. The number of anilines is 1. The van der Waals surface area contributed by atoms with Gasteiger partial charge in [-0.1, -0.05) is 0 Å². The molecular formula is C12H12N2O4. The lowest BCUT2D eigenvalue weighted by molar-refractivity contribution is -0.115. The van der Waals surface area contributed by atoms with Gasteiger partial charge >= 0.3 is 5.97 Å². The van der Waals surface area contributed by atoms with Crippen molar-refractivity contribution < 1.29 is 19.1 Å². The topological polar surface area (TPSA) is 98.5 Å². The first-order valence-corrected chi connectivity index (χ1v) is 5.00. The van der Waals surface area contributed by atoms with E-state index in [1.165, 1.54) is 19.2 Å². The Labute approximate surface area is 103 Å². The fourth-order valence-electron chi connectivity index (χ4n) is 1.15. The van der Waals surface area contributed by atoms with Crippen molar-refractivity contribution in [2.75, 3.05) is 12.4 Å². The Hall–Kier alpha value is -2.63. The van der Waals surface area contributed by atoms with Gasteiger partial charge in [0.1, 0.15) is 0 Å². The maximum Gasteiger partial charge on any atom is 0.337 e. The Kier molecular flexibility index (Phi) is 4.62. The molecule has 0 atom stereocenters. The number of benzene rings is 1. The number of hydrogen-bond acceptors (Lipinski definition) is 4. The summed E-state index contributed by atoms with van der Waals surface area (Å²) in [5.41, 5.74) is 5.71. The molecule has 94 valence electrons. The van der Waals surface area contributed by atoms with Gasteiger partial charge in [0.15, 0.2) is 0 Å². The molecule has 0 aliphatic heterocycles. The van der Waals surface area contributed by atoms with Gasteiger partial charge in [0.2, 0.25) is 11.8 Å². The van der Waals surface area contributed by atoms with E-state index in [4.69, 9.17) is 5.73 Å². The zero-order chi connectivity index (χ0) is 13.5. The van der Waals surface area contributed by atoms with Crippen LogP contribution < -0.4 is 11.1 Å². The summed E-state index contributed by atoms with van der Waals surface area (Å²) in [5, 5.41) is 2.50. The second-order valence-corrected chi connectivity index (χ2v) is 3.29. The third-order valence-electron chi connectivity index (χ3n) is 1.97. The Morgan fingerprint density at radius 3 is 2.28 bits per heavy atom. The number of esters is 1. The van der Waals surface area contributed by atoms with Gasteiger partial charge in [-0.05, 0) is 24.3 Å². The van der Waals surface area contributed by atoms with Crippen LogP contribution in [0.25, 0.3) is 0 Å². The molecule has 6 heteroatoms. The van der Waals surface area contributed by atoms with Crippen molar-refractivity contribution in [1.82, 2.24) is 0 Å². The minimum Gasteiger partial charge on any atom is -0.465 e. The molecule has 0 aliphatic carbocycles. The number of primary amides is 1. The van der Waals surface area contributed by atoms with Gasteiger partial charge in [-0.3, -0.25) is 9.59 Å². The maximum atomic E-state index is 11.3. The minimum atomic E-state index is -0.703. The zero-order valence-electron chi connectivity index (χ0n) is 9.67. The van der Waals surface area contributed by atoms with Gasteiger partial charge in [0.05, 0.1) is 12.7 Å². The van der Waals surface area contributed by atoms with Crippen molar-refractivity contribution in [1.29, 1.82) is 0 Å². The van der Waals surface area contributed by atoms with Crippen LogP contribution in [0.15, 0.2) is 36.4 Å². The summed E-state index contributed by atoms with van der Waals surface area (Å²) in [4.78, 5) is 32.9. The van der Waals surface area contributed by atoms with Crippen LogP contribution in [0.1, 0.15) is 10.4 Å². The highest BCUT2D eigenvalue weighted by molar-refractivity contribution is 6.03. The van der Waals surface area contributed by atoms with Gasteiger partial charge < -0.3 is 15.8 Å². The largest absolute Gasteiger partial charge is 0.465 e. The van der Waals surface area contributed by atoms with Crippen molar-refractivity contribution in [2.45, 2.75) is 0 Å². The summed E-state index contributed by atoms with van der Waals surface area (Å²) in [6.45, 7) is 0. The van der Waals surface area contributed by atoms with Crippen LogP contribution in [-0.4, -0.2) is 24.9 Å². The predicted molar refractivity (Wildman–Crippen MR) is 64.7 cm³/mol. The van der Waals surface area contributed by atoms with Crippen molar-refractivity contribution >= 4 is 23.5 Å². The number of ether oxygens (including phenoxy) is 1. The van der Waals surface area contributed by atoms with Crippen LogP contribution in [0.3, 0.4) is 0 Å². The Balaban J connectivity index is 2.66. The first kappa shape index (κ1) is 13.4. The van der Waals surface area contributed by atoms with E-state index < -0.39 is 17.8 Å². The van der Waals surface area contributed by atoms with E-state index in [2.05, 4.69) is 10.1 Å². The highest BCUT2D eigenvalue weighted by atomic mass is 16.5. The number of carbonyl (C=O) groups excluding carboxylic acids is 3. The van der Waals surface area contributed by atoms with E-state index in [1.54, 1.807) is 12.1 Å². The number of carbonyl (C=O) groups is 3. The molecular weight excluding hydrogens is 236 g/mol. The predicted octanol–water partition coefficient (Wildman–Crippen LogP) is 0.453. The molecule has 18 heavy (non-hydrogen) atoms. The molecule has 0 fully saturated rings. The molecule has 0 aromatic heterocycles. The molecule has 0 unspecified atom stereocenters. The average Bonchev–Trinajstić information content (AvgIpc) is 2.36. The Morgan fingerprint density at radius 2 is 1.78 bits per heavy atom. The summed E-state index contributed by atoms with van der Waals surface area (Å²) in [6.07, 6.45) is 1.98. The first-order valence-electron chi connectivity index (χ1n) is 5.00. The first-order chi connectivity index (χ1) is 8.52. The average molecular weight is 248 g/mol. The van der Waals surface area contributed by atoms with Crippen molar-refractivity contribution in [3.63, 3.8) is 0 Å². The van der Waals surface area contributed by atoms with Crippen LogP contribution in [0.5, 0.6) is 0 Å². The number of amides is 2. The summed E-state index contributed by atoms with van der Waals surface area (Å²) >= 11 is 0. The lowest BCUT2D eigenvalue weighted by Crippen LogP contribution is -2.11. The second-order valence-electron chi connectivity index (χ2n) is 3.29. The van der Waals surface area contributed by atoms with E-state index in [9.17, 15) is 14.4 Å². The molecule has 0 saturated heterocycles. The Morgan fingerprint density at radius 1 is 1.17 bits per heavy atom. The highest BCUT2D eigenvalue weighted by Gasteiger charge is 2.05. The van der Waals surface area contributed by atoms with E-state index in [-0.39, 0.29) is 0 Å². The van der Waals surface area contributed by atoms with E-state index in [0.29, 0.717) is 11.3 Å². The normalized spacial score (nSPS) is 10.1. The van der Waals surface area contributed by atoms with Gasteiger partial charge in [0.25, 0.3) is 0 Å². The van der Waals surface area contributed by atoms with E-state index in [1.807, 2.05) is 0 Å². The van der Waals surface area contributed by atoms with Crippen molar-refractivity contribution in [3.05, 3.63) is 42.0 Å². The second kappa shape index (κ2) is 6.19. The number of hydrogen-bond donors (Lipinski definition) is 2. The Bertz CT molecular complexity index is 491. The molecule has 1 rings (SSSR count). The summed E-state index contributed by atoms with van der Waals surface area (Å²) in [6, 6.07) is 6.11. The van der Waals surface area contributed by atoms with Crippen LogP contribution in [0.2, 0.25) is 0 Å². The SMILES string of the molecule is COC(=O)c1ccc(NC(=O)/C=C/C(N)=O)cc1. The van der Waals surface area contributed by atoms with Gasteiger partial charge in [-0.2, -0.15) is 0 Å². The minimum absolute atomic E-state index is 0.378. The number of methoxy groups -OCH3 is 1. The lowest BCUT2D eigenvalue weighted by Gasteiger charge is -2.03. The lowest BCUT2D eigenvalue weighted by atomic mass is 10.2. The molecule has 0 heterocycles. The molecule has 1 aromatic rings. The molecule has 3 N–H and O–H groups in total. The number of rotatable bonds is 4. The van der Waals surface area contributed by atoms with Crippen LogP contribution in [0, 0.1) is 0 Å². The number of nitrogens with two attached hydrogens (primary N) is 1. The van der Waals surface area contributed by atoms with E-state index in [0.717, 1.165) is 12.2 Å². The molecule has 2 amide bonds. The maximum absolute atomic E-state index is 11.3. The summed E-state index contributed by atoms with van der Waals surface area (Å²) in [7, 11) is 1.28. The summed E-state index contributed by atoms with van der Waals surface area (Å²) < 4.78 is 4.53. The van der Waals surface area contributed by atoms with Crippen LogP contribution in [-0.2, 0) is 14.3 Å². The third kappa shape index (κ3) is 4.09. The molecule has 0 saturated carbocycles. The van der Waals surface area contributed by atoms with Gasteiger partial charge in [0, 0.05) is 17.8 Å². The summed E-state index contributed by atoms with van der Waals surface area (Å²) in [5.74, 6) is -1.65.